The number of esters is 1. The number of carbonyl (C=O) groups excluding carboxylic acids is 4. The highest BCUT2D eigenvalue weighted by atomic mass is 16.5. The Morgan fingerprint density at radius 2 is 1.83 bits per heavy atom. The Balaban J connectivity index is 1.62. The van der Waals surface area contributed by atoms with Crippen LogP contribution in [0.1, 0.15) is 63.2 Å². The standard InChI is InChI=1S/C22H28N2O5/c1-13-6-4-9-18(14(13)2)23-21(27)15(3)29-22(28)16-7-5-8-17(12-16)24-19(25)10-11-20(24)26/h5,7-8,12-15,18H,4,6,9-11H2,1-3H3,(H,23,27)/t13-,14+,15+,18-/m0/s1. The van der Waals surface area contributed by atoms with Crippen LogP contribution in [0.15, 0.2) is 24.3 Å². The molecule has 156 valence electrons. The Bertz CT molecular complexity index is 805. The van der Waals surface area contributed by atoms with Crippen LogP contribution in [-0.2, 0) is 19.1 Å². The van der Waals surface area contributed by atoms with Gasteiger partial charge in [-0.25, -0.2) is 4.79 Å². The molecule has 0 bridgehead atoms. The van der Waals surface area contributed by atoms with E-state index in [-0.39, 0.29) is 42.2 Å². The number of nitrogens with zero attached hydrogens (tertiary/aromatic N) is 1. The summed E-state index contributed by atoms with van der Waals surface area (Å²) in [5.74, 6) is -0.634. The molecule has 0 radical (unpaired) electrons. The van der Waals surface area contributed by atoms with Crippen LogP contribution in [-0.4, -0.2) is 35.8 Å². The topological polar surface area (TPSA) is 92.8 Å². The third kappa shape index (κ3) is 4.66. The van der Waals surface area contributed by atoms with Gasteiger partial charge in [-0.3, -0.25) is 19.3 Å². The van der Waals surface area contributed by atoms with E-state index >= 15 is 0 Å². The number of carbonyl (C=O) groups is 4. The quantitative estimate of drug-likeness (QED) is 0.606. The van der Waals surface area contributed by atoms with Gasteiger partial charge in [-0.1, -0.05) is 32.8 Å². The molecule has 2 aliphatic rings. The number of amides is 3. The lowest BCUT2D eigenvalue weighted by atomic mass is 9.78. The molecule has 1 aliphatic carbocycles. The van der Waals surface area contributed by atoms with Crippen molar-refractivity contribution in [3.63, 3.8) is 0 Å². The zero-order valence-electron chi connectivity index (χ0n) is 17.1. The average molecular weight is 400 g/mol. The first-order chi connectivity index (χ1) is 13.8. The lowest BCUT2D eigenvalue weighted by Crippen LogP contribution is -2.47. The van der Waals surface area contributed by atoms with Crippen molar-refractivity contribution in [3.05, 3.63) is 29.8 Å². The molecular weight excluding hydrogens is 372 g/mol. The molecule has 1 heterocycles. The number of ether oxygens (including phenoxy) is 1. The molecular formula is C22H28N2O5. The van der Waals surface area contributed by atoms with Gasteiger partial charge in [0.15, 0.2) is 6.10 Å². The van der Waals surface area contributed by atoms with Crippen molar-refractivity contribution in [1.82, 2.24) is 5.32 Å². The molecule has 0 aromatic heterocycles. The van der Waals surface area contributed by atoms with Crippen LogP contribution < -0.4 is 10.2 Å². The van der Waals surface area contributed by atoms with Crippen molar-refractivity contribution in [1.29, 1.82) is 0 Å². The van der Waals surface area contributed by atoms with E-state index in [9.17, 15) is 19.2 Å². The minimum atomic E-state index is -0.939. The number of hydrogen-bond acceptors (Lipinski definition) is 5. The second kappa shape index (κ2) is 8.76. The Morgan fingerprint density at radius 3 is 2.52 bits per heavy atom. The van der Waals surface area contributed by atoms with Gasteiger partial charge < -0.3 is 10.1 Å². The van der Waals surface area contributed by atoms with E-state index < -0.39 is 12.1 Å². The SMILES string of the molecule is C[C@H]1[C@@H](NC(=O)[C@@H](C)OC(=O)c2cccc(N3C(=O)CCC3=O)c2)CCC[C@@H]1C. The molecule has 1 aliphatic heterocycles. The summed E-state index contributed by atoms with van der Waals surface area (Å²) in [5.41, 5.74) is 0.531. The van der Waals surface area contributed by atoms with Gasteiger partial charge in [0.2, 0.25) is 11.8 Å². The fraction of sp³-hybridized carbons (Fsp3) is 0.545. The maximum Gasteiger partial charge on any atom is 0.338 e. The highest BCUT2D eigenvalue weighted by molar-refractivity contribution is 6.20. The summed E-state index contributed by atoms with van der Waals surface area (Å²) in [6.07, 6.45) is 2.57. The summed E-state index contributed by atoms with van der Waals surface area (Å²) < 4.78 is 5.33. The highest BCUT2D eigenvalue weighted by Gasteiger charge is 2.32. The molecule has 1 saturated carbocycles. The smallest absolute Gasteiger partial charge is 0.338 e. The summed E-state index contributed by atoms with van der Waals surface area (Å²) in [4.78, 5) is 49.9. The lowest BCUT2D eigenvalue weighted by molar-refractivity contribution is -0.130. The molecule has 7 heteroatoms. The van der Waals surface area contributed by atoms with Gasteiger partial charge in [-0.15, -0.1) is 0 Å². The molecule has 29 heavy (non-hydrogen) atoms. The first-order valence-corrected chi connectivity index (χ1v) is 10.2. The maximum atomic E-state index is 12.5. The van der Waals surface area contributed by atoms with Crippen LogP contribution in [0.5, 0.6) is 0 Å². The van der Waals surface area contributed by atoms with Gasteiger partial charge >= 0.3 is 5.97 Å². The second-order valence-corrected chi connectivity index (χ2v) is 8.10. The molecule has 3 rings (SSSR count). The van der Waals surface area contributed by atoms with E-state index in [1.807, 2.05) is 0 Å². The Labute approximate surface area is 170 Å². The molecule has 1 aromatic carbocycles. The molecule has 3 amide bonds. The van der Waals surface area contributed by atoms with E-state index in [0.29, 0.717) is 17.5 Å². The summed E-state index contributed by atoms with van der Waals surface area (Å²) in [7, 11) is 0. The van der Waals surface area contributed by atoms with Gasteiger partial charge in [0, 0.05) is 18.9 Å². The van der Waals surface area contributed by atoms with E-state index in [1.165, 1.54) is 12.1 Å². The van der Waals surface area contributed by atoms with Crippen molar-refractivity contribution < 1.29 is 23.9 Å². The summed E-state index contributed by atoms with van der Waals surface area (Å²) in [6, 6.07) is 6.24. The van der Waals surface area contributed by atoms with Gasteiger partial charge in [0.05, 0.1) is 11.3 Å². The second-order valence-electron chi connectivity index (χ2n) is 8.10. The maximum absolute atomic E-state index is 12.5. The van der Waals surface area contributed by atoms with Crippen molar-refractivity contribution in [2.45, 2.75) is 65.0 Å². The van der Waals surface area contributed by atoms with Gasteiger partial charge in [0.25, 0.3) is 5.91 Å². The molecule has 0 spiro atoms. The molecule has 0 unspecified atom stereocenters. The van der Waals surface area contributed by atoms with Crippen LogP contribution in [0.25, 0.3) is 0 Å². The van der Waals surface area contributed by atoms with Crippen molar-refractivity contribution >= 4 is 29.4 Å². The van der Waals surface area contributed by atoms with Gasteiger partial charge in [0.1, 0.15) is 0 Å². The third-order valence-electron chi connectivity index (χ3n) is 6.08. The largest absolute Gasteiger partial charge is 0.449 e. The first kappa shape index (κ1) is 21.0. The van der Waals surface area contributed by atoms with E-state index in [1.54, 1.807) is 19.1 Å². The van der Waals surface area contributed by atoms with Crippen LogP contribution in [0.4, 0.5) is 5.69 Å². The molecule has 1 aromatic rings. The Morgan fingerprint density at radius 1 is 1.14 bits per heavy atom. The molecule has 1 N–H and O–H groups in total. The number of rotatable bonds is 5. The van der Waals surface area contributed by atoms with Crippen LogP contribution in [0, 0.1) is 11.8 Å². The number of nitrogens with one attached hydrogen (secondary N) is 1. The van der Waals surface area contributed by atoms with Gasteiger partial charge in [-0.2, -0.15) is 0 Å². The third-order valence-corrected chi connectivity index (χ3v) is 6.08. The molecule has 4 atom stereocenters. The lowest BCUT2D eigenvalue weighted by Gasteiger charge is -2.35. The number of benzene rings is 1. The van der Waals surface area contributed by atoms with E-state index in [0.717, 1.165) is 24.2 Å². The summed E-state index contributed by atoms with van der Waals surface area (Å²) in [5, 5.41) is 3.01. The molecule has 2 fully saturated rings. The zero-order chi connectivity index (χ0) is 21.1. The van der Waals surface area contributed by atoms with Crippen LogP contribution in [0.3, 0.4) is 0 Å². The van der Waals surface area contributed by atoms with Crippen LogP contribution in [0.2, 0.25) is 0 Å². The number of anilines is 1. The predicted molar refractivity (Wildman–Crippen MR) is 107 cm³/mol. The molecule has 1 saturated heterocycles. The highest BCUT2D eigenvalue weighted by Crippen LogP contribution is 2.29. The fourth-order valence-corrected chi connectivity index (χ4v) is 4.00. The van der Waals surface area contributed by atoms with Gasteiger partial charge in [-0.05, 0) is 43.4 Å². The first-order valence-electron chi connectivity index (χ1n) is 10.2. The molecule has 7 nitrogen and oxygen atoms in total. The summed E-state index contributed by atoms with van der Waals surface area (Å²) in [6.45, 7) is 5.87. The normalized spacial score (nSPS) is 25.6. The van der Waals surface area contributed by atoms with Crippen LogP contribution >= 0.6 is 0 Å². The zero-order valence-corrected chi connectivity index (χ0v) is 17.1. The Kier molecular flexibility index (Phi) is 6.35. The fourth-order valence-electron chi connectivity index (χ4n) is 4.00. The van der Waals surface area contributed by atoms with Crippen molar-refractivity contribution in [3.8, 4) is 0 Å². The number of imide groups is 1. The van der Waals surface area contributed by atoms with E-state index in [4.69, 9.17) is 4.74 Å². The Hall–Kier alpha value is -2.70. The minimum absolute atomic E-state index is 0.0860. The minimum Gasteiger partial charge on any atom is -0.449 e. The summed E-state index contributed by atoms with van der Waals surface area (Å²) >= 11 is 0. The van der Waals surface area contributed by atoms with Crippen molar-refractivity contribution in [2.75, 3.05) is 4.90 Å². The van der Waals surface area contributed by atoms with Crippen molar-refractivity contribution in [2.24, 2.45) is 11.8 Å². The predicted octanol–water partition coefficient (Wildman–Crippen LogP) is 2.83. The average Bonchev–Trinajstić information content (AvgIpc) is 3.03. The van der Waals surface area contributed by atoms with E-state index in [2.05, 4.69) is 19.2 Å². The number of hydrogen-bond donors (Lipinski definition) is 1. The monoisotopic (exact) mass is 400 g/mol.